The summed E-state index contributed by atoms with van der Waals surface area (Å²) in [6.07, 6.45) is 8.29. The molecule has 2 aliphatic heterocycles. The molecule has 0 spiro atoms. The van der Waals surface area contributed by atoms with Crippen LogP contribution < -0.4 is 10.6 Å². The van der Waals surface area contributed by atoms with Gasteiger partial charge in [0.05, 0.1) is 55.6 Å². The van der Waals surface area contributed by atoms with Gasteiger partial charge in [0.25, 0.3) is 0 Å². The summed E-state index contributed by atoms with van der Waals surface area (Å²) < 4.78 is 9.64. The number of aromatic nitrogens is 5. The lowest BCUT2D eigenvalue weighted by Gasteiger charge is -2.30. The first-order valence-corrected chi connectivity index (χ1v) is 19.2. The van der Waals surface area contributed by atoms with E-state index in [0.717, 1.165) is 94.6 Å². The number of nitrogens with zero attached hydrogens (tertiary/aromatic N) is 5. The number of amides is 3. The van der Waals surface area contributed by atoms with Crippen LogP contribution in [0.15, 0.2) is 55.0 Å². The number of alkyl carbamates (subject to hydrolysis) is 2. The average Bonchev–Trinajstić information content (AvgIpc) is 4.02. The number of benzene rings is 2. The summed E-state index contributed by atoms with van der Waals surface area (Å²) in [5, 5.41) is 8.88. The molecule has 7 rings (SSSR count). The normalized spacial score (nSPS) is 18.7. The van der Waals surface area contributed by atoms with Gasteiger partial charge in [-0.3, -0.25) is 14.7 Å². The lowest BCUT2D eigenvalue weighted by Crippen LogP contribution is -2.51. The van der Waals surface area contributed by atoms with Gasteiger partial charge in [-0.1, -0.05) is 52.0 Å². The van der Waals surface area contributed by atoms with E-state index in [0.29, 0.717) is 6.54 Å². The summed E-state index contributed by atoms with van der Waals surface area (Å²) in [5.74, 6) is 1.67. The number of methoxy groups -OCH3 is 2. The van der Waals surface area contributed by atoms with Crippen molar-refractivity contribution in [1.29, 1.82) is 0 Å². The van der Waals surface area contributed by atoms with Gasteiger partial charge in [-0.2, -0.15) is 0 Å². The van der Waals surface area contributed by atoms with Gasteiger partial charge in [0, 0.05) is 47.2 Å². The number of H-pyrrole nitrogens is 2. The molecule has 3 aromatic heterocycles. The van der Waals surface area contributed by atoms with Crippen LogP contribution in [0.1, 0.15) is 77.1 Å². The maximum atomic E-state index is 13.6. The second-order valence-electron chi connectivity index (χ2n) is 15.3. The van der Waals surface area contributed by atoms with E-state index in [9.17, 15) is 14.4 Å². The van der Waals surface area contributed by atoms with Crippen LogP contribution in [0.2, 0.25) is 0 Å². The highest BCUT2D eigenvalue weighted by Crippen LogP contribution is 2.36. The van der Waals surface area contributed by atoms with E-state index in [-0.39, 0.29) is 35.9 Å². The van der Waals surface area contributed by atoms with Gasteiger partial charge >= 0.3 is 12.2 Å². The van der Waals surface area contributed by atoms with Crippen LogP contribution in [0.5, 0.6) is 0 Å². The van der Waals surface area contributed by atoms with Crippen molar-refractivity contribution in [2.75, 3.05) is 33.9 Å². The van der Waals surface area contributed by atoms with E-state index in [1.807, 2.05) is 37.3 Å². The Labute approximate surface area is 320 Å². The third-order valence-corrected chi connectivity index (χ3v) is 11.1. The number of hydrogen-bond acceptors (Lipinski definition) is 9. The number of fused-ring (bicyclic) bond motifs is 3. The minimum absolute atomic E-state index is 0.0275. The van der Waals surface area contributed by atoms with Gasteiger partial charge in [0.15, 0.2) is 0 Å². The van der Waals surface area contributed by atoms with Crippen LogP contribution in [0, 0.1) is 11.8 Å². The van der Waals surface area contributed by atoms with E-state index in [2.05, 4.69) is 75.7 Å². The smallest absolute Gasteiger partial charge is 0.407 e. The highest BCUT2D eigenvalue weighted by molar-refractivity contribution is 6.07. The molecule has 0 aliphatic carbocycles. The first-order chi connectivity index (χ1) is 26.5. The van der Waals surface area contributed by atoms with Gasteiger partial charge in [-0.25, -0.2) is 19.6 Å². The molecular weight excluding hydrogens is 699 g/mol. The summed E-state index contributed by atoms with van der Waals surface area (Å²) >= 11 is 0. The first-order valence-electron chi connectivity index (χ1n) is 19.2. The zero-order valence-corrected chi connectivity index (χ0v) is 32.4. The molecule has 2 saturated heterocycles. The molecule has 0 radical (unpaired) electrons. The quantitative estimate of drug-likeness (QED) is 0.107. The van der Waals surface area contributed by atoms with Crippen molar-refractivity contribution in [2.24, 2.45) is 11.8 Å². The van der Waals surface area contributed by atoms with Crippen LogP contribution in [0.4, 0.5) is 9.59 Å². The highest BCUT2D eigenvalue weighted by Gasteiger charge is 2.37. The van der Waals surface area contributed by atoms with Crippen molar-refractivity contribution in [3.05, 3.63) is 66.6 Å². The van der Waals surface area contributed by atoms with E-state index >= 15 is 0 Å². The minimum Gasteiger partial charge on any atom is -0.453 e. The van der Waals surface area contributed by atoms with Crippen LogP contribution in [0.25, 0.3) is 44.2 Å². The Morgan fingerprint density at radius 2 is 1.38 bits per heavy atom. The largest absolute Gasteiger partial charge is 0.453 e. The van der Waals surface area contributed by atoms with Gasteiger partial charge in [-0.15, -0.1) is 0 Å². The molecule has 14 nitrogen and oxygen atoms in total. The molecule has 5 heterocycles. The van der Waals surface area contributed by atoms with Crippen molar-refractivity contribution in [1.82, 2.24) is 45.4 Å². The van der Waals surface area contributed by atoms with E-state index in [1.165, 1.54) is 14.2 Å². The van der Waals surface area contributed by atoms with Crippen LogP contribution in [-0.4, -0.2) is 98.8 Å². The fourth-order valence-electron chi connectivity index (χ4n) is 7.99. The predicted molar refractivity (Wildman–Crippen MR) is 210 cm³/mol. The zero-order valence-electron chi connectivity index (χ0n) is 32.4. The number of pyridine rings is 1. The standard InChI is InChI=1S/C41H51N9O5/c1-23(2)33(47-40(52)54-5)22-49-15-7-9-34(49)37-43-20-31(45-37)25-11-13-28-27(17-25)19-42-30-18-26(12-14-29(28)30)32-21-44-38(46-32)35-10-8-16-50(35)39(51)36(24(3)4)48-41(53)55-6/h11-14,17-21,23-24,33-36H,7-10,15-16,22H2,1-6H3,(H,43,45)(H,44,46)(H,47,52)(H,48,53). The fraction of sp³-hybridized carbons (Fsp3) is 0.463. The van der Waals surface area contributed by atoms with E-state index < -0.39 is 18.2 Å². The maximum Gasteiger partial charge on any atom is 0.407 e. The third kappa shape index (κ3) is 7.86. The van der Waals surface area contributed by atoms with Crippen molar-refractivity contribution in [2.45, 2.75) is 77.5 Å². The molecule has 0 bridgehead atoms. The molecule has 4 N–H and O–H groups in total. The monoisotopic (exact) mass is 749 g/mol. The number of ether oxygens (including phenoxy) is 2. The van der Waals surface area contributed by atoms with Crippen molar-refractivity contribution >= 4 is 39.8 Å². The number of nitrogens with one attached hydrogen (secondary N) is 4. The number of hydrogen-bond donors (Lipinski definition) is 4. The molecular formula is C41H51N9O5. The van der Waals surface area contributed by atoms with E-state index in [1.54, 1.807) is 0 Å². The van der Waals surface area contributed by atoms with Gasteiger partial charge in [0.1, 0.15) is 17.7 Å². The number of aromatic amines is 2. The van der Waals surface area contributed by atoms with Crippen molar-refractivity contribution in [3.63, 3.8) is 0 Å². The van der Waals surface area contributed by atoms with Gasteiger partial charge in [-0.05, 0) is 61.6 Å². The molecule has 0 saturated carbocycles. The summed E-state index contributed by atoms with van der Waals surface area (Å²) in [6, 6.07) is 11.9. The number of carbonyl (C=O) groups is 3. The molecule has 4 unspecified atom stereocenters. The number of rotatable bonds is 11. The first kappa shape index (κ1) is 37.8. The molecule has 3 amide bonds. The Morgan fingerprint density at radius 1 is 0.764 bits per heavy atom. The Bertz CT molecular complexity index is 2180. The minimum atomic E-state index is -0.688. The molecule has 2 aliphatic rings. The summed E-state index contributed by atoms with van der Waals surface area (Å²) in [4.78, 5) is 63.2. The Kier molecular flexibility index (Phi) is 11.0. The summed E-state index contributed by atoms with van der Waals surface area (Å²) in [7, 11) is 2.69. The summed E-state index contributed by atoms with van der Waals surface area (Å²) in [6.45, 7) is 10.3. The predicted octanol–water partition coefficient (Wildman–Crippen LogP) is 6.73. The highest BCUT2D eigenvalue weighted by atomic mass is 16.5. The summed E-state index contributed by atoms with van der Waals surface area (Å²) in [5.41, 5.74) is 4.64. The van der Waals surface area contributed by atoms with Crippen molar-refractivity contribution in [3.8, 4) is 22.5 Å². The SMILES string of the molecule is COC(=O)NC(CN1CCCC1c1ncc(-c2ccc3c(cnc4cc(-c5cnc(C6CCCN6C(=O)C(NC(=O)OC)C(C)C)[nH]5)ccc43)c2)[nH]1)C(C)C. The Hall–Kier alpha value is -5.50. The Morgan fingerprint density at radius 3 is 2.05 bits per heavy atom. The third-order valence-electron chi connectivity index (χ3n) is 11.1. The second kappa shape index (κ2) is 16.1. The molecule has 2 fully saturated rings. The average molecular weight is 750 g/mol. The second-order valence-corrected chi connectivity index (χ2v) is 15.3. The lowest BCUT2D eigenvalue weighted by atomic mass is 10.0. The number of imidazole rings is 2. The van der Waals surface area contributed by atoms with Crippen LogP contribution in [0.3, 0.4) is 0 Å². The molecule has 5 aromatic rings. The molecule has 290 valence electrons. The topological polar surface area (TPSA) is 170 Å². The molecule has 2 aromatic carbocycles. The van der Waals surface area contributed by atoms with Crippen molar-refractivity contribution < 1.29 is 23.9 Å². The lowest BCUT2D eigenvalue weighted by molar-refractivity contribution is -0.135. The number of likely N-dealkylation sites (tertiary alicyclic amines) is 2. The zero-order chi connectivity index (χ0) is 38.8. The van der Waals surface area contributed by atoms with Gasteiger partial charge < -0.3 is 35.0 Å². The van der Waals surface area contributed by atoms with E-state index in [4.69, 9.17) is 24.4 Å². The fourth-order valence-corrected chi connectivity index (χ4v) is 7.99. The van der Waals surface area contributed by atoms with Crippen LogP contribution >= 0.6 is 0 Å². The van der Waals surface area contributed by atoms with Gasteiger partial charge in [0.2, 0.25) is 5.91 Å². The van der Waals surface area contributed by atoms with Crippen LogP contribution in [-0.2, 0) is 14.3 Å². The molecule has 14 heteroatoms. The number of carbonyl (C=O) groups excluding carboxylic acids is 3. The molecule has 55 heavy (non-hydrogen) atoms. The molecule has 4 atom stereocenters. The Balaban J connectivity index is 1.07. The maximum absolute atomic E-state index is 13.6.